The Hall–Kier alpha value is -6.48. The lowest BCUT2D eigenvalue weighted by Crippen LogP contribution is -2.66. The summed E-state index contributed by atoms with van der Waals surface area (Å²) in [5, 5.41) is 75.1. The van der Waals surface area contributed by atoms with Gasteiger partial charge >= 0.3 is 29.8 Å². The van der Waals surface area contributed by atoms with Gasteiger partial charge in [0.15, 0.2) is 18.5 Å². The number of guanidine groups is 1. The van der Waals surface area contributed by atoms with E-state index in [2.05, 4.69) is 61.0 Å². The summed E-state index contributed by atoms with van der Waals surface area (Å²) in [6, 6.07) is -8.49. The van der Waals surface area contributed by atoms with Gasteiger partial charge in [0.1, 0.15) is 66.9 Å². The number of carboxylic acid groups (broad SMARTS) is 1. The van der Waals surface area contributed by atoms with Crippen molar-refractivity contribution in [3.05, 3.63) is 33.1 Å². The Bertz CT molecular complexity index is 2720. The highest BCUT2D eigenvalue weighted by Gasteiger charge is 2.59. The lowest BCUT2D eigenvalue weighted by atomic mass is 9.97. The summed E-state index contributed by atoms with van der Waals surface area (Å²) in [6.45, 7) is 10.4. The molecule has 5 heterocycles. The first-order valence-electron chi connectivity index (χ1n) is 34.6. The maximum atomic E-state index is 15.2. The van der Waals surface area contributed by atoms with E-state index in [4.69, 9.17) is 24.7 Å². The first-order valence-corrected chi connectivity index (χ1v) is 34.6. The molecule has 95 heavy (non-hydrogen) atoms. The molecule has 4 aliphatic rings. The molecular weight excluding hydrogens is 1240 g/mol. The number of aromatic nitrogens is 2. The average Bonchev–Trinajstić information content (AvgIpc) is 1.60. The number of aliphatic hydroxyl groups is 4. The van der Waals surface area contributed by atoms with E-state index in [0.29, 0.717) is 19.4 Å². The first-order chi connectivity index (χ1) is 45.4. The van der Waals surface area contributed by atoms with Crippen LogP contribution in [0.25, 0.3) is 0 Å². The maximum absolute atomic E-state index is 15.2. The van der Waals surface area contributed by atoms with Crippen LogP contribution in [0.5, 0.6) is 0 Å². The SMILES string of the molecule is CCCCCCCCCCCCNC(=O)NC[C@H]1OC(O[C@H](C2C(=O)N(CCCCCCCCCCCC)C(=O)N2CCCNC(=O)C(NC(=O)C(NC(=O)NC(C(=O)O)C(C)C)C2CCN=C(N)N2)C(O)C(C)C)[C@H]2O[C@@H](n3ccc(=O)[nH]c3=O)[C@H](O)[C@@H]2O)[C@H](OC)[C@H]1O. The number of nitrogens with two attached hydrogens (primary N) is 1. The normalized spacial score (nSPS) is 24.4. The van der Waals surface area contributed by atoms with Crippen LogP contribution >= 0.6 is 0 Å². The van der Waals surface area contributed by atoms with Gasteiger partial charge in [-0.25, -0.2) is 24.0 Å². The van der Waals surface area contributed by atoms with Crippen molar-refractivity contribution in [3.63, 3.8) is 0 Å². The third-order valence-corrected chi connectivity index (χ3v) is 18.0. The number of unbranched alkanes of at least 4 members (excludes halogenated alkanes) is 18. The number of hydrogen-bond acceptors (Lipinski definition) is 20. The summed E-state index contributed by atoms with van der Waals surface area (Å²) < 4.78 is 25.7. The van der Waals surface area contributed by atoms with E-state index < -0.39 is 156 Å². The van der Waals surface area contributed by atoms with E-state index >= 15 is 4.79 Å². The van der Waals surface area contributed by atoms with Crippen molar-refractivity contribution >= 4 is 47.7 Å². The van der Waals surface area contributed by atoms with Crippen LogP contribution in [0.2, 0.25) is 0 Å². The minimum absolute atomic E-state index is 0.0433. The van der Waals surface area contributed by atoms with Gasteiger partial charge in [-0.15, -0.1) is 0 Å². The molecule has 5 rings (SSSR count). The van der Waals surface area contributed by atoms with Gasteiger partial charge < -0.3 is 92.3 Å². The molecule has 7 unspecified atom stereocenters. The fraction of sp³-hybridized carbons (Fsp3) is 0.812. The number of carboxylic acids is 1. The van der Waals surface area contributed by atoms with Crippen molar-refractivity contribution in [2.24, 2.45) is 22.6 Å². The van der Waals surface area contributed by atoms with E-state index in [1.807, 2.05) is 0 Å². The summed E-state index contributed by atoms with van der Waals surface area (Å²) in [5.41, 5.74) is 4.17. The Morgan fingerprint density at radius 1 is 0.705 bits per heavy atom. The lowest BCUT2D eigenvalue weighted by Gasteiger charge is -2.36. The molecule has 15 atom stereocenters. The Morgan fingerprint density at radius 2 is 1.31 bits per heavy atom. The molecule has 15 N–H and O–H groups in total. The smallest absolute Gasteiger partial charge is 0.330 e. The predicted octanol–water partition coefficient (Wildman–Crippen LogP) is 1.88. The van der Waals surface area contributed by atoms with Crippen LogP contribution in [0.1, 0.15) is 189 Å². The molecular formula is C64H111N13O18. The second-order valence-electron chi connectivity index (χ2n) is 26.1. The third kappa shape index (κ3) is 23.9. The van der Waals surface area contributed by atoms with Crippen LogP contribution in [-0.2, 0) is 38.1 Å². The second kappa shape index (κ2) is 40.9. The molecule has 0 bridgehead atoms. The van der Waals surface area contributed by atoms with Gasteiger partial charge in [0.2, 0.25) is 11.8 Å². The average molecular weight is 1350 g/mol. The van der Waals surface area contributed by atoms with Crippen molar-refractivity contribution in [1.82, 2.24) is 56.6 Å². The van der Waals surface area contributed by atoms with E-state index in [1.54, 1.807) is 27.7 Å². The molecule has 0 aliphatic carbocycles. The topological polar surface area (TPSA) is 441 Å². The van der Waals surface area contributed by atoms with Gasteiger partial charge in [0.25, 0.3) is 11.5 Å². The second-order valence-corrected chi connectivity index (χ2v) is 26.1. The van der Waals surface area contributed by atoms with E-state index in [0.717, 1.165) is 90.8 Å². The molecule has 31 nitrogen and oxygen atoms in total. The standard InChI is InChI=1S/C64H111N13O18/c1-8-10-12-14-16-18-20-22-24-26-31-68-61(88)69-37-41-48(80)53(92-7)59(93-41)95-51(52-49(81)50(82)57(94-52)77-36-30-42(78)71-63(77)90)46-56(85)76(34-27-25-23-21-19-17-15-13-11-9-2)64(91)75(46)35-28-32-66-54(83)45(47(79)39(5)6)72-55(84)44(40-29-33-67-60(65)70-40)74-62(89)73-43(38(3)4)58(86)87/h30,36,38-41,43-53,57,59,79-82H,8-29,31-35,37H2,1-7H3,(H,66,83)(H,72,84)(H,86,87)(H3,65,67,70)(H2,68,69,88)(H,71,78,90)(H2,73,74,89)/t40?,41-,43?,44?,45?,46?,47?,48+,49+,50-,51-,52+,53-,57-,59?/m1/s1. The van der Waals surface area contributed by atoms with Gasteiger partial charge in [-0.2, -0.15) is 0 Å². The number of aliphatic hydroxyl groups excluding tert-OH is 4. The number of aliphatic imine (C=N–C) groups is 1. The number of aromatic amines is 1. The van der Waals surface area contributed by atoms with Gasteiger partial charge in [0, 0.05) is 58.6 Å². The zero-order valence-electron chi connectivity index (χ0n) is 56.7. The number of hydrogen-bond donors (Lipinski definition) is 14. The molecule has 9 amide bonds. The number of amides is 9. The minimum atomic E-state index is -1.97. The third-order valence-electron chi connectivity index (χ3n) is 18.0. The van der Waals surface area contributed by atoms with E-state index in [-0.39, 0.29) is 51.5 Å². The highest BCUT2D eigenvalue weighted by molar-refractivity contribution is 6.04. The van der Waals surface area contributed by atoms with E-state index in [1.165, 1.54) is 58.5 Å². The number of urea groups is 3. The highest BCUT2D eigenvalue weighted by atomic mass is 16.7. The van der Waals surface area contributed by atoms with Crippen molar-refractivity contribution in [1.29, 1.82) is 0 Å². The molecule has 540 valence electrons. The van der Waals surface area contributed by atoms with Crippen LogP contribution in [0.3, 0.4) is 0 Å². The number of H-pyrrole nitrogens is 1. The minimum Gasteiger partial charge on any atom is -0.480 e. The van der Waals surface area contributed by atoms with Crippen LogP contribution in [0.4, 0.5) is 14.4 Å². The molecule has 1 aromatic heterocycles. The van der Waals surface area contributed by atoms with E-state index in [9.17, 15) is 63.9 Å². The number of carbonyl (C=O) groups excluding carboxylic acids is 6. The number of ether oxygens (including phenoxy) is 4. The molecule has 31 heteroatoms. The maximum Gasteiger partial charge on any atom is 0.330 e. The Balaban J connectivity index is 1.40. The molecule has 0 radical (unpaired) electrons. The largest absolute Gasteiger partial charge is 0.480 e. The summed E-state index contributed by atoms with van der Waals surface area (Å²) in [4.78, 5) is 131. The van der Waals surface area contributed by atoms with Crippen LogP contribution in [0.15, 0.2) is 26.8 Å². The van der Waals surface area contributed by atoms with Gasteiger partial charge in [-0.3, -0.25) is 38.6 Å². The number of nitrogens with zero attached hydrogens (tertiary/aromatic N) is 4. The zero-order chi connectivity index (χ0) is 69.7. The van der Waals surface area contributed by atoms with Gasteiger partial charge in [-0.05, 0) is 37.5 Å². The number of carbonyl (C=O) groups is 7. The summed E-state index contributed by atoms with van der Waals surface area (Å²) in [6.07, 6.45) is 5.54. The van der Waals surface area contributed by atoms with Crippen molar-refractivity contribution < 1.29 is 78.0 Å². The number of nitrogens with one attached hydrogen (secondary N) is 8. The summed E-state index contributed by atoms with van der Waals surface area (Å²) in [5.74, 6) is -5.22. The molecule has 0 saturated carbocycles. The highest BCUT2D eigenvalue weighted by Crippen LogP contribution is 2.38. The molecule has 4 aliphatic heterocycles. The number of imide groups is 1. The molecule has 0 spiro atoms. The molecule has 3 fully saturated rings. The number of rotatable bonds is 44. The quantitative estimate of drug-likeness (QED) is 0.0328. The van der Waals surface area contributed by atoms with Gasteiger partial charge in [0.05, 0.1) is 12.1 Å². The summed E-state index contributed by atoms with van der Waals surface area (Å²) >= 11 is 0. The lowest BCUT2D eigenvalue weighted by molar-refractivity contribution is -0.233. The van der Waals surface area contributed by atoms with Crippen molar-refractivity contribution in [3.8, 4) is 0 Å². The van der Waals surface area contributed by atoms with Crippen molar-refractivity contribution in [2.45, 2.75) is 274 Å². The Labute approximate surface area is 556 Å². The predicted molar refractivity (Wildman–Crippen MR) is 350 cm³/mol. The fourth-order valence-electron chi connectivity index (χ4n) is 12.4. The number of aliphatic carboxylic acids is 1. The monoisotopic (exact) mass is 1350 g/mol. The number of methoxy groups -OCH3 is 1. The summed E-state index contributed by atoms with van der Waals surface area (Å²) in [7, 11) is 1.26. The molecule has 3 saturated heterocycles. The Kier molecular flexibility index (Phi) is 34.1. The molecule has 1 aromatic rings. The molecule has 0 aromatic carbocycles. The van der Waals surface area contributed by atoms with Crippen molar-refractivity contribution in [2.75, 3.05) is 46.4 Å². The van der Waals surface area contributed by atoms with Crippen LogP contribution < -0.4 is 54.2 Å². The zero-order valence-corrected chi connectivity index (χ0v) is 56.7. The van der Waals surface area contributed by atoms with Gasteiger partial charge in [-0.1, -0.05) is 157 Å². The fourth-order valence-corrected chi connectivity index (χ4v) is 12.4. The van der Waals surface area contributed by atoms with Crippen LogP contribution in [-0.4, -0.2) is 224 Å². The Morgan fingerprint density at radius 3 is 1.87 bits per heavy atom. The van der Waals surface area contributed by atoms with Crippen LogP contribution in [0, 0.1) is 11.8 Å². The first kappa shape index (κ1) is 79.2.